The quantitative estimate of drug-likeness (QED) is 0.657. The molecule has 0 saturated carbocycles. The smallest absolute Gasteiger partial charge is 0.250 e. The number of nitrogens with two attached hydrogens (primary N) is 1. The summed E-state index contributed by atoms with van der Waals surface area (Å²) in [5, 5.41) is 2.87. The number of primary amides is 1. The van der Waals surface area contributed by atoms with Crippen LogP contribution in [0.4, 0.5) is 5.69 Å². The lowest BCUT2D eigenvalue weighted by molar-refractivity contribution is 0.100. The summed E-state index contributed by atoms with van der Waals surface area (Å²) in [6.07, 6.45) is 0. The molecule has 0 aliphatic carbocycles. The summed E-state index contributed by atoms with van der Waals surface area (Å²) in [6.45, 7) is 0. The van der Waals surface area contributed by atoms with Gasteiger partial charge in [-0.25, -0.2) is 0 Å². The molecular formula is C8H10N2O. The zero-order valence-corrected chi connectivity index (χ0v) is 6.22. The van der Waals surface area contributed by atoms with Crippen molar-refractivity contribution in [3.8, 4) is 0 Å². The number of hydrogen-bond donors (Lipinski definition) is 2. The van der Waals surface area contributed by atoms with Gasteiger partial charge in [-0.1, -0.05) is 12.1 Å². The highest BCUT2D eigenvalue weighted by Gasteiger charge is 2.03. The number of carbonyl (C=O) groups excluding carboxylic acids is 1. The first kappa shape index (κ1) is 6.22. The Labute approximate surface area is 66.7 Å². The second kappa shape index (κ2) is 3.05. The predicted molar refractivity (Wildman–Crippen MR) is 44.5 cm³/mol. The van der Waals surface area contributed by atoms with E-state index >= 15 is 0 Å². The molecule has 58 valence electrons. The van der Waals surface area contributed by atoms with E-state index in [0.29, 0.717) is 5.56 Å². The van der Waals surface area contributed by atoms with E-state index in [2.05, 4.69) is 5.32 Å². The lowest BCUT2D eigenvalue weighted by atomic mass is 10.2. The third-order valence-electron chi connectivity index (χ3n) is 1.44. The van der Waals surface area contributed by atoms with Gasteiger partial charge in [0, 0.05) is 12.7 Å². The van der Waals surface area contributed by atoms with Crippen LogP contribution in [-0.4, -0.2) is 13.0 Å². The van der Waals surface area contributed by atoms with Crippen molar-refractivity contribution < 1.29 is 6.21 Å². The van der Waals surface area contributed by atoms with Crippen molar-refractivity contribution in [2.24, 2.45) is 5.73 Å². The predicted octanol–water partition coefficient (Wildman–Crippen LogP) is 0.827. The van der Waals surface area contributed by atoms with Gasteiger partial charge in [-0.15, -0.1) is 0 Å². The highest BCUT2D eigenvalue weighted by Crippen LogP contribution is 2.12. The molecular weight excluding hydrogens is 140 g/mol. The first-order chi connectivity index (χ1) is 5.79. The minimum Gasteiger partial charge on any atom is -0.387 e. The van der Waals surface area contributed by atoms with E-state index in [0.717, 1.165) is 5.69 Å². The van der Waals surface area contributed by atoms with E-state index in [1.165, 1.54) is 0 Å². The van der Waals surface area contributed by atoms with Crippen LogP contribution in [-0.2, 0) is 0 Å². The van der Waals surface area contributed by atoms with Crippen molar-refractivity contribution in [2.75, 3.05) is 12.4 Å². The molecule has 3 heteroatoms. The van der Waals surface area contributed by atoms with Crippen molar-refractivity contribution in [3.05, 3.63) is 29.8 Å². The molecule has 1 rings (SSSR count). The molecule has 0 atom stereocenters. The van der Waals surface area contributed by atoms with E-state index in [1.54, 1.807) is 25.2 Å². The van der Waals surface area contributed by atoms with E-state index in [4.69, 9.17) is 1.41 Å². The largest absolute Gasteiger partial charge is 0.387 e. The molecule has 0 aromatic heterocycles. The zero-order chi connectivity index (χ0) is 8.97. The summed E-state index contributed by atoms with van der Waals surface area (Å²) in [5.74, 6) is -0.403. The summed E-state index contributed by atoms with van der Waals surface area (Å²) in [5.41, 5.74) is 3.03. The summed E-state index contributed by atoms with van der Waals surface area (Å²) in [4.78, 5) is 11.1. The highest BCUT2D eigenvalue weighted by molar-refractivity contribution is 5.98. The maximum Gasteiger partial charge on any atom is 0.250 e. The fourth-order valence-corrected chi connectivity index (χ4v) is 0.899. The molecule has 3 N–H and O–H groups in total. The van der Waals surface area contributed by atoms with Gasteiger partial charge in [0.1, 0.15) is 0 Å². The first-order valence-electron chi connectivity index (χ1n) is 3.78. The van der Waals surface area contributed by atoms with Crippen LogP contribution >= 0.6 is 0 Å². The highest BCUT2D eigenvalue weighted by atomic mass is 16.1. The van der Waals surface area contributed by atoms with E-state index in [-0.39, 0.29) is 0 Å². The van der Waals surface area contributed by atoms with Gasteiger partial charge in [0.25, 0.3) is 5.91 Å². The molecule has 0 heterocycles. The molecule has 1 aromatic carbocycles. The summed E-state index contributed by atoms with van der Waals surface area (Å²) >= 11 is 0. The second-order valence-corrected chi connectivity index (χ2v) is 2.12. The van der Waals surface area contributed by atoms with Gasteiger partial charge in [-0.05, 0) is 12.1 Å². The monoisotopic (exact) mass is 151 g/mol. The summed E-state index contributed by atoms with van der Waals surface area (Å²) in [7, 11) is 1.73. The maximum absolute atomic E-state index is 11.1. The molecule has 11 heavy (non-hydrogen) atoms. The van der Waals surface area contributed by atoms with E-state index < -0.39 is 5.91 Å². The normalized spacial score (nSPS) is 10.1. The fraction of sp³-hybridized carbons (Fsp3) is 0.125. The van der Waals surface area contributed by atoms with Gasteiger partial charge in [0.2, 0.25) is 0 Å². The van der Waals surface area contributed by atoms with E-state index in [9.17, 15) is 4.79 Å². The van der Waals surface area contributed by atoms with Crippen LogP contribution in [0.15, 0.2) is 24.3 Å². The third kappa shape index (κ3) is 1.49. The minimum absolute atomic E-state index is 0.403. The number of carbonyl (C=O) groups is 1. The Morgan fingerprint density at radius 3 is 3.00 bits per heavy atom. The molecule has 3 nitrogen and oxygen atoms in total. The van der Waals surface area contributed by atoms with Crippen molar-refractivity contribution in [1.82, 2.24) is 0 Å². The average Bonchev–Trinajstić information content (AvgIpc) is 2.16. The molecule has 0 bridgehead atoms. The fourth-order valence-electron chi connectivity index (χ4n) is 0.899. The lowest BCUT2D eigenvalue weighted by Gasteiger charge is -2.03. The lowest BCUT2D eigenvalue weighted by Crippen LogP contribution is -2.12. The van der Waals surface area contributed by atoms with Crippen LogP contribution in [0.5, 0.6) is 0 Å². The number of rotatable bonds is 2. The Morgan fingerprint density at radius 1 is 1.64 bits per heavy atom. The molecule has 1 amide bonds. The number of hydrogen-bond acceptors (Lipinski definition) is 2. The van der Waals surface area contributed by atoms with E-state index in [1.807, 2.05) is 11.8 Å². The molecule has 0 aliphatic rings. The molecule has 0 radical (unpaired) electrons. The van der Waals surface area contributed by atoms with Crippen molar-refractivity contribution in [1.29, 1.82) is 0 Å². The zero-order valence-electron chi connectivity index (χ0n) is 7.22. The standard InChI is InChI=1S/C8H10N2O/c1-10-7-5-3-2-4-6(7)8(9)11/h2-5,10H,1H3,(H2,9,11)/i/hD. The van der Waals surface area contributed by atoms with Gasteiger partial charge in [-0.3, -0.25) is 4.79 Å². The number of anilines is 1. The third-order valence-corrected chi connectivity index (χ3v) is 1.44. The van der Waals surface area contributed by atoms with Crippen LogP contribution in [0.3, 0.4) is 0 Å². The summed E-state index contributed by atoms with van der Waals surface area (Å²) in [6, 6.07) is 7.03. The van der Waals surface area contributed by atoms with Crippen LogP contribution in [0.1, 0.15) is 10.4 Å². The van der Waals surface area contributed by atoms with Crippen molar-refractivity contribution in [3.63, 3.8) is 0 Å². The van der Waals surface area contributed by atoms with Crippen LogP contribution in [0.2, 0.25) is 1.41 Å². The topological polar surface area (TPSA) is 55.1 Å². The number of nitrogens with one attached hydrogen (secondary N) is 1. The first-order valence-corrected chi connectivity index (χ1v) is 3.28. The Balaban J connectivity index is 3.04. The van der Waals surface area contributed by atoms with Gasteiger partial charge >= 0.3 is 0 Å². The van der Waals surface area contributed by atoms with Gasteiger partial charge in [0.05, 0.1) is 5.56 Å². The van der Waals surface area contributed by atoms with Crippen molar-refractivity contribution in [2.45, 2.75) is 0 Å². The van der Waals surface area contributed by atoms with Gasteiger partial charge in [0.15, 0.2) is 1.41 Å². The van der Waals surface area contributed by atoms with Crippen LogP contribution < -0.4 is 11.0 Å². The minimum atomic E-state index is -0.403. The second-order valence-electron chi connectivity index (χ2n) is 2.12. The maximum atomic E-state index is 11.1. The average molecular weight is 151 g/mol. The number of amides is 1. The molecule has 0 unspecified atom stereocenters. The summed E-state index contributed by atoms with van der Waals surface area (Å²) < 4.78 is 6.69. The Kier molecular flexibility index (Phi) is 1.73. The van der Waals surface area contributed by atoms with Crippen LogP contribution in [0.25, 0.3) is 0 Å². The molecule has 1 aromatic rings. The van der Waals surface area contributed by atoms with Crippen molar-refractivity contribution >= 4 is 11.6 Å². The SMILES string of the molecule is [2H]NC(=O)c1ccccc1NC. The van der Waals surface area contributed by atoms with Gasteiger partial charge in [-0.2, -0.15) is 0 Å². The number of benzene rings is 1. The molecule has 0 aliphatic heterocycles. The van der Waals surface area contributed by atoms with Crippen LogP contribution in [0, 0.1) is 0 Å². The molecule has 0 spiro atoms. The Morgan fingerprint density at radius 2 is 2.36 bits per heavy atom. The Bertz CT molecular complexity index is 288. The molecule has 0 fully saturated rings. The Hall–Kier alpha value is -1.51. The number of para-hydroxylation sites is 1. The molecule has 0 saturated heterocycles. The van der Waals surface area contributed by atoms with Gasteiger partial charge < -0.3 is 11.0 Å².